The SMILES string of the molecule is CC(NC(N)=O)C(=O)N1CCN(CC(C)(C)O)CC1. The van der Waals surface area contributed by atoms with Gasteiger partial charge in [0.1, 0.15) is 6.04 Å². The lowest BCUT2D eigenvalue weighted by molar-refractivity contribution is -0.134. The highest BCUT2D eigenvalue weighted by atomic mass is 16.3. The maximum absolute atomic E-state index is 12.0. The molecule has 0 aromatic rings. The number of nitrogens with two attached hydrogens (primary N) is 1. The molecule has 1 aliphatic heterocycles. The monoisotopic (exact) mass is 272 g/mol. The minimum absolute atomic E-state index is 0.123. The van der Waals surface area contributed by atoms with Gasteiger partial charge in [-0.1, -0.05) is 0 Å². The van der Waals surface area contributed by atoms with Gasteiger partial charge < -0.3 is 21.1 Å². The summed E-state index contributed by atoms with van der Waals surface area (Å²) in [5.74, 6) is -0.123. The summed E-state index contributed by atoms with van der Waals surface area (Å²) in [6, 6.07) is -1.29. The van der Waals surface area contributed by atoms with E-state index < -0.39 is 17.7 Å². The van der Waals surface area contributed by atoms with Gasteiger partial charge in [-0.2, -0.15) is 0 Å². The largest absolute Gasteiger partial charge is 0.389 e. The van der Waals surface area contributed by atoms with Crippen LogP contribution in [0.2, 0.25) is 0 Å². The Morgan fingerprint density at radius 2 is 1.84 bits per heavy atom. The first-order chi connectivity index (χ1) is 8.69. The van der Waals surface area contributed by atoms with Crippen molar-refractivity contribution in [1.29, 1.82) is 0 Å². The van der Waals surface area contributed by atoms with Gasteiger partial charge in [0.2, 0.25) is 5.91 Å². The lowest BCUT2D eigenvalue weighted by atomic mass is 10.1. The fourth-order valence-corrected chi connectivity index (χ4v) is 2.22. The molecule has 0 saturated carbocycles. The number of β-amino-alcohol motifs (C(OH)–C–C–N with tert-alkyl or cyclic N) is 1. The van der Waals surface area contributed by atoms with E-state index in [0.29, 0.717) is 19.6 Å². The van der Waals surface area contributed by atoms with Crippen LogP contribution in [0.5, 0.6) is 0 Å². The number of rotatable bonds is 4. The summed E-state index contributed by atoms with van der Waals surface area (Å²) in [5.41, 5.74) is 4.27. The molecule has 110 valence electrons. The van der Waals surface area contributed by atoms with Gasteiger partial charge in [-0.05, 0) is 20.8 Å². The van der Waals surface area contributed by atoms with Crippen molar-refractivity contribution >= 4 is 11.9 Å². The Kier molecular flexibility index (Phi) is 5.13. The van der Waals surface area contributed by atoms with Crippen molar-refractivity contribution < 1.29 is 14.7 Å². The molecular formula is C12H24N4O3. The van der Waals surface area contributed by atoms with Crippen LogP contribution in [0.15, 0.2) is 0 Å². The highest BCUT2D eigenvalue weighted by Crippen LogP contribution is 2.09. The molecule has 0 aromatic heterocycles. The molecule has 1 atom stereocenters. The summed E-state index contributed by atoms with van der Waals surface area (Å²) >= 11 is 0. The number of nitrogens with zero attached hydrogens (tertiary/aromatic N) is 2. The summed E-state index contributed by atoms with van der Waals surface area (Å²) in [5, 5.41) is 12.1. The Bertz CT molecular complexity index is 332. The fourth-order valence-electron chi connectivity index (χ4n) is 2.22. The summed E-state index contributed by atoms with van der Waals surface area (Å²) in [6.07, 6.45) is 0. The lowest BCUT2D eigenvalue weighted by Crippen LogP contribution is -2.56. The van der Waals surface area contributed by atoms with Gasteiger partial charge in [0.25, 0.3) is 0 Å². The van der Waals surface area contributed by atoms with Crippen LogP contribution in [0.4, 0.5) is 4.79 Å². The standard InChI is InChI=1S/C12H24N4O3/c1-9(14-11(13)18)10(17)16-6-4-15(5-7-16)8-12(2,3)19/h9,19H,4-8H2,1-3H3,(H3,13,14,18). The maximum Gasteiger partial charge on any atom is 0.312 e. The third kappa shape index (κ3) is 5.44. The van der Waals surface area contributed by atoms with Crippen LogP contribution in [0.25, 0.3) is 0 Å². The highest BCUT2D eigenvalue weighted by Gasteiger charge is 2.27. The predicted octanol–water partition coefficient (Wildman–Crippen LogP) is -1.04. The molecule has 0 spiro atoms. The van der Waals surface area contributed by atoms with Crippen LogP contribution in [0, 0.1) is 0 Å². The zero-order valence-electron chi connectivity index (χ0n) is 11.8. The number of piperazine rings is 1. The Morgan fingerprint density at radius 3 is 2.26 bits per heavy atom. The second kappa shape index (κ2) is 6.21. The average molecular weight is 272 g/mol. The normalized spacial score (nSPS) is 19.1. The van der Waals surface area contributed by atoms with E-state index in [-0.39, 0.29) is 5.91 Å². The predicted molar refractivity (Wildman–Crippen MR) is 71.5 cm³/mol. The topological polar surface area (TPSA) is 98.9 Å². The van der Waals surface area contributed by atoms with E-state index in [1.807, 2.05) is 0 Å². The molecular weight excluding hydrogens is 248 g/mol. The average Bonchev–Trinajstić information content (AvgIpc) is 2.26. The lowest BCUT2D eigenvalue weighted by Gasteiger charge is -2.38. The first-order valence-electron chi connectivity index (χ1n) is 6.48. The van der Waals surface area contributed by atoms with E-state index in [9.17, 15) is 14.7 Å². The zero-order valence-corrected chi connectivity index (χ0v) is 11.8. The molecule has 1 heterocycles. The molecule has 0 aromatic carbocycles. The van der Waals surface area contributed by atoms with Crippen LogP contribution in [-0.4, -0.2) is 71.2 Å². The van der Waals surface area contributed by atoms with Crippen molar-refractivity contribution in [3.8, 4) is 0 Å². The van der Waals surface area contributed by atoms with Crippen molar-refractivity contribution in [1.82, 2.24) is 15.1 Å². The number of hydrogen-bond donors (Lipinski definition) is 3. The van der Waals surface area contributed by atoms with Crippen molar-refractivity contribution in [2.24, 2.45) is 5.73 Å². The smallest absolute Gasteiger partial charge is 0.312 e. The first kappa shape index (κ1) is 15.7. The molecule has 3 amide bonds. The summed E-state index contributed by atoms with van der Waals surface area (Å²) < 4.78 is 0. The van der Waals surface area contributed by atoms with Crippen LogP contribution in [0.1, 0.15) is 20.8 Å². The van der Waals surface area contributed by atoms with Gasteiger partial charge in [-0.15, -0.1) is 0 Å². The number of carbonyl (C=O) groups is 2. The molecule has 1 saturated heterocycles. The van der Waals surface area contributed by atoms with Gasteiger partial charge in [-0.25, -0.2) is 4.79 Å². The molecule has 1 unspecified atom stereocenters. The Balaban J connectivity index is 2.41. The quantitative estimate of drug-likeness (QED) is 0.608. The number of aliphatic hydroxyl groups is 1. The maximum atomic E-state index is 12.0. The van der Waals surface area contributed by atoms with Crippen molar-refractivity contribution in [2.45, 2.75) is 32.4 Å². The third-order valence-electron chi connectivity index (χ3n) is 3.02. The molecule has 4 N–H and O–H groups in total. The molecule has 0 bridgehead atoms. The summed E-state index contributed by atoms with van der Waals surface area (Å²) in [4.78, 5) is 26.6. The molecule has 1 aliphatic rings. The minimum Gasteiger partial charge on any atom is -0.389 e. The van der Waals surface area contributed by atoms with Crippen LogP contribution >= 0.6 is 0 Å². The number of amides is 3. The van der Waals surface area contributed by atoms with E-state index in [0.717, 1.165) is 13.1 Å². The van der Waals surface area contributed by atoms with Crippen molar-refractivity contribution in [2.75, 3.05) is 32.7 Å². The van der Waals surface area contributed by atoms with E-state index in [1.54, 1.807) is 25.7 Å². The van der Waals surface area contributed by atoms with Crippen LogP contribution in [-0.2, 0) is 4.79 Å². The van der Waals surface area contributed by atoms with Crippen molar-refractivity contribution in [3.63, 3.8) is 0 Å². The number of urea groups is 1. The number of hydrogen-bond acceptors (Lipinski definition) is 4. The Morgan fingerprint density at radius 1 is 1.32 bits per heavy atom. The zero-order chi connectivity index (χ0) is 14.6. The fraction of sp³-hybridized carbons (Fsp3) is 0.833. The second-order valence-electron chi connectivity index (χ2n) is 5.64. The van der Waals surface area contributed by atoms with Gasteiger partial charge in [0.15, 0.2) is 0 Å². The molecule has 0 radical (unpaired) electrons. The second-order valence-corrected chi connectivity index (χ2v) is 5.64. The first-order valence-corrected chi connectivity index (χ1v) is 6.48. The van der Waals surface area contributed by atoms with Gasteiger partial charge in [0.05, 0.1) is 5.60 Å². The molecule has 1 rings (SSSR count). The Hall–Kier alpha value is -1.34. The highest BCUT2D eigenvalue weighted by molar-refractivity contribution is 5.86. The van der Waals surface area contributed by atoms with Gasteiger partial charge in [0, 0.05) is 32.7 Å². The summed E-state index contributed by atoms with van der Waals surface area (Å²) in [7, 11) is 0. The molecule has 0 aliphatic carbocycles. The van der Waals surface area contributed by atoms with E-state index in [4.69, 9.17) is 5.73 Å². The third-order valence-corrected chi connectivity index (χ3v) is 3.02. The molecule has 7 nitrogen and oxygen atoms in total. The van der Waals surface area contributed by atoms with E-state index >= 15 is 0 Å². The Labute approximate surface area is 113 Å². The molecule has 1 fully saturated rings. The van der Waals surface area contributed by atoms with E-state index in [2.05, 4.69) is 10.2 Å². The van der Waals surface area contributed by atoms with Crippen molar-refractivity contribution in [3.05, 3.63) is 0 Å². The number of nitrogens with one attached hydrogen (secondary N) is 1. The van der Waals surface area contributed by atoms with Gasteiger partial charge in [-0.3, -0.25) is 9.69 Å². The number of carbonyl (C=O) groups excluding carboxylic acids is 2. The number of primary amides is 1. The summed E-state index contributed by atoms with van der Waals surface area (Å²) in [6.45, 7) is 8.38. The van der Waals surface area contributed by atoms with Crippen LogP contribution in [0.3, 0.4) is 0 Å². The van der Waals surface area contributed by atoms with Gasteiger partial charge >= 0.3 is 6.03 Å². The minimum atomic E-state index is -0.729. The van der Waals surface area contributed by atoms with E-state index in [1.165, 1.54) is 0 Å². The molecule has 7 heteroatoms. The molecule has 19 heavy (non-hydrogen) atoms. The van der Waals surface area contributed by atoms with Crippen LogP contribution < -0.4 is 11.1 Å².